The fraction of sp³-hybridized carbons (Fsp3) is 0.158. The van der Waals surface area contributed by atoms with E-state index in [0.29, 0.717) is 12.8 Å². The number of aromatic nitrogens is 1. The van der Waals surface area contributed by atoms with Gasteiger partial charge in [-0.25, -0.2) is 4.98 Å². The zero-order chi connectivity index (χ0) is 15.2. The standard InChI is InChI=1S/C19H17NOS/c21-17(11-15-7-3-1-4-8-15)13-19-20-14-18(22-19)12-16-9-5-2-6-10-16/h1-10,14H,11-13H2. The summed E-state index contributed by atoms with van der Waals surface area (Å²) in [7, 11) is 0. The van der Waals surface area contributed by atoms with Gasteiger partial charge in [-0.1, -0.05) is 60.7 Å². The molecule has 3 heteroatoms. The Morgan fingerprint density at radius 3 is 2.18 bits per heavy atom. The third-order valence-electron chi connectivity index (χ3n) is 3.42. The van der Waals surface area contributed by atoms with Gasteiger partial charge in [0.15, 0.2) is 0 Å². The lowest BCUT2D eigenvalue weighted by molar-refractivity contribution is -0.117. The number of rotatable bonds is 6. The Kier molecular flexibility index (Phi) is 4.76. The molecule has 2 aromatic carbocycles. The topological polar surface area (TPSA) is 30.0 Å². The Morgan fingerprint density at radius 1 is 0.864 bits per heavy atom. The Morgan fingerprint density at radius 2 is 1.50 bits per heavy atom. The normalized spacial score (nSPS) is 10.5. The molecule has 2 nitrogen and oxygen atoms in total. The molecule has 0 radical (unpaired) electrons. The maximum Gasteiger partial charge on any atom is 0.144 e. The van der Waals surface area contributed by atoms with Gasteiger partial charge in [0, 0.05) is 23.9 Å². The van der Waals surface area contributed by atoms with Crippen LogP contribution in [0.5, 0.6) is 0 Å². The predicted octanol–water partition coefficient (Wildman–Crippen LogP) is 4.09. The number of Topliss-reactive ketones (excluding diaryl/α,β-unsaturated/α-hetero) is 1. The Bertz CT molecular complexity index is 734. The second kappa shape index (κ2) is 7.14. The highest BCUT2D eigenvalue weighted by Gasteiger charge is 2.09. The minimum absolute atomic E-state index is 0.215. The van der Waals surface area contributed by atoms with Crippen molar-refractivity contribution in [3.63, 3.8) is 0 Å². The summed E-state index contributed by atoms with van der Waals surface area (Å²) in [6, 6.07) is 20.2. The van der Waals surface area contributed by atoms with Gasteiger partial charge in [-0.3, -0.25) is 4.79 Å². The van der Waals surface area contributed by atoms with Crippen molar-refractivity contribution in [2.24, 2.45) is 0 Å². The summed E-state index contributed by atoms with van der Waals surface area (Å²) < 4.78 is 0. The van der Waals surface area contributed by atoms with E-state index in [1.165, 1.54) is 10.4 Å². The molecule has 0 bridgehead atoms. The Labute approximate surface area is 134 Å². The van der Waals surface area contributed by atoms with E-state index < -0.39 is 0 Å². The molecule has 1 heterocycles. The van der Waals surface area contributed by atoms with Crippen LogP contribution in [0.2, 0.25) is 0 Å². The molecule has 3 rings (SSSR count). The Hall–Kier alpha value is -2.26. The molecule has 0 amide bonds. The number of carbonyl (C=O) groups excluding carboxylic acids is 1. The maximum atomic E-state index is 12.1. The molecule has 0 saturated carbocycles. The van der Waals surface area contributed by atoms with Crippen LogP contribution >= 0.6 is 11.3 Å². The predicted molar refractivity (Wildman–Crippen MR) is 90.2 cm³/mol. The van der Waals surface area contributed by atoms with Gasteiger partial charge < -0.3 is 0 Å². The van der Waals surface area contributed by atoms with E-state index in [2.05, 4.69) is 17.1 Å². The molecule has 0 saturated heterocycles. The molecule has 0 aliphatic rings. The molecule has 0 unspecified atom stereocenters. The molecule has 0 atom stereocenters. The zero-order valence-corrected chi connectivity index (χ0v) is 13.1. The molecule has 0 fully saturated rings. The number of thiazole rings is 1. The van der Waals surface area contributed by atoms with Gasteiger partial charge in [0.1, 0.15) is 10.8 Å². The van der Waals surface area contributed by atoms with Crippen LogP contribution in [0.1, 0.15) is 21.0 Å². The van der Waals surface area contributed by atoms with E-state index >= 15 is 0 Å². The van der Waals surface area contributed by atoms with E-state index in [9.17, 15) is 4.79 Å². The third-order valence-corrected chi connectivity index (χ3v) is 4.41. The van der Waals surface area contributed by atoms with E-state index in [1.807, 2.05) is 54.7 Å². The lowest BCUT2D eigenvalue weighted by atomic mass is 10.1. The monoisotopic (exact) mass is 307 g/mol. The average Bonchev–Trinajstić information content (AvgIpc) is 2.96. The lowest BCUT2D eigenvalue weighted by Crippen LogP contribution is -2.05. The van der Waals surface area contributed by atoms with Crippen LogP contribution in [0.4, 0.5) is 0 Å². The molecular weight excluding hydrogens is 290 g/mol. The van der Waals surface area contributed by atoms with Crippen LogP contribution in [0.25, 0.3) is 0 Å². The third kappa shape index (κ3) is 4.12. The van der Waals surface area contributed by atoms with Gasteiger partial charge in [0.2, 0.25) is 0 Å². The van der Waals surface area contributed by atoms with Crippen molar-refractivity contribution in [1.82, 2.24) is 4.98 Å². The van der Waals surface area contributed by atoms with E-state index in [-0.39, 0.29) is 5.78 Å². The smallest absolute Gasteiger partial charge is 0.144 e. The van der Waals surface area contributed by atoms with Crippen LogP contribution in [0, 0.1) is 0 Å². The first-order valence-corrected chi connectivity index (χ1v) is 8.14. The number of carbonyl (C=O) groups is 1. The first-order valence-electron chi connectivity index (χ1n) is 7.33. The van der Waals surface area contributed by atoms with E-state index in [4.69, 9.17) is 0 Å². The highest BCUT2D eigenvalue weighted by atomic mass is 32.1. The van der Waals surface area contributed by atoms with Gasteiger partial charge in [-0.2, -0.15) is 0 Å². The summed E-state index contributed by atoms with van der Waals surface area (Å²) in [5.74, 6) is 0.215. The largest absolute Gasteiger partial charge is 0.299 e. The van der Waals surface area contributed by atoms with Crippen LogP contribution in [-0.4, -0.2) is 10.8 Å². The minimum Gasteiger partial charge on any atom is -0.299 e. The highest BCUT2D eigenvalue weighted by molar-refractivity contribution is 7.11. The van der Waals surface area contributed by atoms with Gasteiger partial charge in [0.25, 0.3) is 0 Å². The van der Waals surface area contributed by atoms with Crippen LogP contribution in [-0.2, 0) is 24.1 Å². The van der Waals surface area contributed by atoms with Crippen molar-refractivity contribution >= 4 is 17.1 Å². The summed E-state index contributed by atoms with van der Waals surface area (Å²) in [4.78, 5) is 17.7. The molecular formula is C19H17NOS. The summed E-state index contributed by atoms with van der Waals surface area (Å²) in [5.41, 5.74) is 2.34. The van der Waals surface area contributed by atoms with Crippen molar-refractivity contribution in [2.75, 3.05) is 0 Å². The van der Waals surface area contributed by atoms with Crippen LogP contribution in [0.3, 0.4) is 0 Å². The second-order valence-corrected chi connectivity index (χ2v) is 6.46. The molecule has 0 aliphatic heterocycles. The van der Waals surface area contributed by atoms with Crippen molar-refractivity contribution < 1.29 is 4.79 Å². The minimum atomic E-state index is 0.215. The van der Waals surface area contributed by atoms with Crippen LogP contribution in [0.15, 0.2) is 66.9 Å². The van der Waals surface area contributed by atoms with Crippen molar-refractivity contribution in [3.8, 4) is 0 Å². The fourth-order valence-electron chi connectivity index (χ4n) is 2.36. The SMILES string of the molecule is O=C(Cc1ccccc1)Cc1ncc(Cc2ccccc2)s1. The zero-order valence-electron chi connectivity index (χ0n) is 12.2. The number of ketones is 1. The molecule has 22 heavy (non-hydrogen) atoms. The van der Waals surface area contributed by atoms with Crippen LogP contribution < -0.4 is 0 Å². The molecule has 0 aliphatic carbocycles. The maximum absolute atomic E-state index is 12.1. The molecule has 110 valence electrons. The van der Waals surface area contributed by atoms with Crippen molar-refractivity contribution in [2.45, 2.75) is 19.3 Å². The molecule has 1 aromatic heterocycles. The quantitative estimate of drug-likeness (QED) is 0.686. The molecule has 0 N–H and O–H groups in total. The van der Waals surface area contributed by atoms with Crippen molar-refractivity contribution in [1.29, 1.82) is 0 Å². The fourth-order valence-corrected chi connectivity index (χ4v) is 3.35. The van der Waals surface area contributed by atoms with Gasteiger partial charge in [0.05, 0.1) is 6.42 Å². The summed E-state index contributed by atoms with van der Waals surface area (Å²) in [5, 5.41) is 0.909. The Balaban J connectivity index is 1.58. The van der Waals surface area contributed by atoms with E-state index in [1.54, 1.807) is 11.3 Å². The summed E-state index contributed by atoms with van der Waals surface area (Å²) >= 11 is 1.63. The number of hydrogen-bond donors (Lipinski definition) is 0. The van der Waals surface area contributed by atoms with E-state index in [0.717, 1.165) is 17.0 Å². The highest BCUT2D eigenvalue weighted by Crippen LogP contribution is 2.18. The molecule has 3 aromatic rings. The van der Waals surface area contributed by atoms with Gasteiger partial charge in [-0.15, -0.1) is 11.3 Å². The number of hydrogen-bond acceptors (Lipinski definition) is 3. The lowest BCUT2D eigenvalue weighted by Gasteiger charge is -1.99. The summed E-state index contributed by atoms with van der Waals surface area (Å²) in [6.07, 6.45) is 3.68. The first-order chi connectivity index (χ1) is 10.8. The first kappa shape index (κ1) is 14.7. The number of benzene rings is 2. The average molecular weight is 307 g/mol. The van der Waals surface area contributed by atoms with Crippen molar-refractivity contribution in [3.05, 3.63) is 87.9 Å². The number of nitrogens with zero attached hydrogens (tertiary/aromatic N) is 1. The summed E-state index contributed by atoms with van der Waals surface area (Å²) in [6.45, 7) is 0. The second-order valence-electron chi connectivity index (χ2n) is 5.26. The van der Waals surface area contributed by atoms with Gasteiger partial charge in [-0.05, 0) is 11.1 Å². The molecule has 0 spiro atoms. The van der Waals surface area contributed by atoms with Gasteiger partial charge >= 0.3 is 0 Å².